The van der Waals surface area contributed by atoms with Gasteiger partial charge in [-0.15, -0.1) is 0 Å². The first-order valence-electron chi connectivity index (χ1n) is 6.58. The van der Waals surface area contributed by atoms with Gasteiger partial charge in [-0.3, -0.25) is 4.90 Å². The number of ether oxygens (including phenoxy) is 1. The van der Waals surface area contributed by atoms with E-state index in [9.17, 15) is 0 Å². The van der Waals surface area contributed by atoms with Crippen LogP contribution in [-0.4, -0.2) is 67.8 Å². The van der Waals surface area contributed by atoms with Crippen molar-refractivity contribution >= 4 is 0 Å². The monoisotopic (exact) mass is 227 g/mol. The molecular formula is C12H25N3O. The van der Waals surface area contributed by atoms with E-state index in [1.807, 2.05) is 0 Å². The molecule has 0 bridgehead atoms. The molecule has 94 valence electrons. The third-order valence-corrected chi connectivity index (χ3v) is 3.60. The molecule has 2 aliphatic rings. The summed E-state index contributed by atoms with van der Waals surface area (Å²) in [5.41, 5.74) is 5.68. The molecule has 0 radical (unpaired) electrons. The standard InChI is InChI=1S/C12H25N3O/c1-11-9-15(10-12(8-13)16-11)7-6-14-4-2-3-5-14/h11-12H,2-10,13H2,1H3. The van der Waals surface area contributed by atoms with Gasteiger partial charge in [0, 0.05) is 32.7 Å². The van der Waals surface area contributed by atoms with Crippen LogP contribution in [-0.2, 0) is 4.74 Å². The fourth-order valence-corrected chi connectivity index (χ4v) is 2.74. The van der Waals surface area contributed by atoms with Crippen molar-refractivity contribution < 1.29 is 4.74 Å². The second kappa shape index (κ2) is 5.96. The highest BCUT2D eigenvalue weighted by Crippen LogP contribution is 2.11. The van der Waals surface area contributed by atoms with Crippen molar-refractivity contribution in [2.45, 2.75) is 32.0 Å². The Hall–Kier alpha value is -0.160. The maximum atomic E-state index is 5.76. The lowest BCUT2D eigenvalue weighted by Gasteiger charge is -2.37. The van der Waals surface area contributed by atoms with E-state index in [1.54, 1.807) is 0 Å². The van der Waals surface area contributed by atoms with Gasteiger partial charge >= 0.3 is 0 Å². The Morgan fingerprint density at radius 2 is 1.81 bits per heavy atom. The first kappa shape index (κ1) is 12.3. The van der Waals surface area contributed by atoms with Gasteiger partial charge in [-0.25, -0.2) is 0 Å². The molecule has 2 rings (SSSR count). The molecule has 4 nitrogen and oxygen atoms in total. The highest BCUT2D eigenvalue weighted by Gasteiger charge is 2.24. The first-order chi connectivity index (χ1) is 7.78. The second-order valence-electron chi connectivity index (χ2n) is 5.11. The van der Waals surface area contributed by atoms with Gasteiger partial charge in [0.1, 0.15) is 0 Å². The Morgan fingerprint density at radius 1 is 1.12 bits per heavy atom. The van der Waals surface area contributed by atoms with Crippen LogP contribution in [0.5, 0.6) is 0 Å². The molecule has 0 aromatic heterocycles. The molecule has 2 heterocycles. The van der Waals surface area contributed by atoms with E-state index < -0.39 is 0 Å². The second-order valence-corrected chi connectivity index (χ2v) is 5.11. The van der Waals surface area contributed by atoms with Crippen molar-refractivity contribution in [1.29, 1.82) is 0 Å². The molecule has 0 amide bonds. The van der Waals surface area contributed by atoms with Gasteiger partial charge in [-0.05, 0) is 32.9 Å². The molecule has 2 N–H and O–H groups in total. The summed E-state index contributed by atoms with van der Waals surface area (Å²) in [6.45, 7) is 9.82. The summed E-state index contributed by atoms with van der Waals surface area (Å²) in [5, 5.41) is 0. The van der Waals surface area contributed by atoms with Crippen LogP contribution in [0.15, 0.2) is 0 Å². The average Bonchev–Trinajstić information content (AvgIpc) is 2.78. The molecule has 0 aromatic carbocycles. The lowest BCUT2D eigenvalue weighted by Crippen LogP contribution is -2.50. The van der Waals surface area contributed by atoms with Crippen molar-refractivity contribution in [3.05, 3.63) is 0 Å². The van der Waals surface area contributed by atoms with Gasteiger partial charge in [0.25, 0.3) is 0 Å². The predicted molar refractivity (Wildman–Crippen MR) is 65.5 cm³/mol. The zero-order valence-corrected chi connectivity index (χ0v) is 10.4. The van der Waals surface area contributed by atoms with E-state index in [1.165, 1.54) is 39.0 Å². The number of likely N-dealkylation sites (tertiary alicyclic amines) is 1. The first-order valence-corrected chi connectivity index (χ1v) is 6.58. The van der Waals surface area contributed by atoms with Crippen molar-refractivity contribution in [3.63, 3.8) is 0 Å². The van der Waals surface area contributed by atoms with E-state index in [0.717, 1.165) is 13.1 Å². The molecule has 2 aliphatic heterocycles. The van der Waals surface area contributed by atoms with Crippen molar-refractivity contribution in [3.8, 4) is 0 Å². The van der Waals surface area contributed by atoms with Crippen LogP contribution < -0.4 is 5.73 Å². The number of hydrogen-bond donors (Lipinski definition) is 1. The van der Waals surface area contributed by atoms with Crippen LogP contribution in [0, 0.1) is 0 Å². The minimum absolute atomic E-state index is 0.238. The van der Waals surface area contributed by atoms with Crippen LogP contribution in [0.25, 0.3) is 0 Å². The Balaban J connectivity index is 1.71. The zero-order chi connectivity index (χ0) is 11.4. The zero-order valence-electron chi connectivity index (χ0n) is 10.4. The SMILES string of the molecule is CC1CN(CCN2CCCC2)CC(CN)O1. The highest BCUT2D eigenvalue weighted by molar-refractivity contribution is 4.77. The summed E-state index contributed by atoms with van der Waals surface area (Å²) in [5.74, 6) is 0. The van der Waals surface area contributed by atoms with Crippen molar-refractivity contribution in [2.75, 3.05) is 45.8 Å². The predicted octanol–water partition coefficient (Wildman–Crippen LogP) is 0.130. The van der Waals surface area contributed by atoms with Crippen LogP contribution >= 0.6 is 0 Å². The minimum Gasteiger partial charge on any atom is -0.371 e. The van der Waals surface area contributed by atoms with E-state index in [0.29, 0.717) is 12.6 Å². The van der Waals surface area contributed by atoms with Gasteiger partial charge in [0.2, 0.25) is 0 Å². The molecule has 4 heteroatoms. The number of hydrogen-bond acceptors (Lipinski definition) is 4. The third-order valence-electron chi connectivity index (χ3n) is 3.60. The number of nitrogens with two attached hydrogens (primary N) is 1. The van der Waals surface area contributed by atoms with Crippen molar-refractivity contribution in [1.82, 2.24) is 9.80 Å². The van der Waals surface area contributed by atoms with Crippen LogP contribution in [0.1, 0.15) is 19.8 Å². The Labute approximate surface area is 98.7 Å². The summed E-state index contributed by atoms with van der Waals surface area (Å²) in [4.78, 5) is 5.07. The maximum Gasteiger partial charge on any atom is 0.0828 e. The van der Waals surface area contributed by atoms with Gasteiger partial charge in [-0.2, -0.15) is 0 Å². The fraction of sp³-hybridized carbons (Fsp3) is 1.00. The molecule has 0 spiro atoms. The van der Waals surface area contributed by atoms with Crippen LogP contribution in [0.4, 0.5) is 0 Å². The maximum absolute atomic E-state index is 5.76. The van der Waals surface area contributed by atoms with Gasteiger partial charge in [0.15, 0.2) is 0 Å². The molecule has 0 aliphatic carbocycles. The normalized spacial score (nSPS) is 33.4. The molecular weight excluding hydrogens is 202 g/mol. The molecule has 0 saturated carbocycles. The summed E-state index contributed by atoms with van der Waals surface area (Å²) >= 11 is 0. The van der Waals surface area contributed by atoms with E-state index >= 15 is 0 Å². The fourth-order valence-electron chi connectivity index (χ4n) is 2.74. The summed E-state index contributed by atoms with van der Waals surface area (Å²) in [6.07, 6.45) is 3.33. The van der Waals surface area contributed by atoms with Gasteiger partial charge in [-0.1, -0.05) is 0 Å². The summed E-state index contributed by atoms with van der Waals surface area (Å²) in [7, 11) is 0. The Kier molecular flexibility index (Phi) is 4.58. The molecule has 2 unspecified atom stereocenters. The van der Waals surface area contributed by atoms with Crippen LogP contribution in [0.3, 0.4) is 0 Å². The molecule has 0 aromatic rings. The molecule has 16 heavy (non-hydrogen) atoms. The third kappa shape index (κ3) is 3.42. The number of morpholine rings is 1. The van der Waals surface area contributed by atoms with E-state index in [-0.39, 0.29) is 6.10 Å². The molecule has 2 atom stereocenters. The van der Waals surface area contributed by atoms with Crippen LogP contribution in [0.2, 0.25) is 0 Å². The lowest BCUT2D eigenvalue weighted by molar-refractivity contribution is -0.0730. The quantitative estimate of drug-likeness (QED) is 0.741. The summed E-state index contributed by atoms with van der Waals surface area (Å²) in [6, 6.07) is 0. The highest BCUT2D eigenvalue weighted by atomic mass is 16.5. The van der Waals surface area contributed by atoms with Gasteiger partial charge in [0.05, 0.1) is 12.2 Å². The minimum atomic E-state index is 0.238. The topological polar surface area (TPSA) is 41.7 Å². The van der Waals surface area contributed by atoms with E-state index in [4.69, 9.17) is 10.5 Å². The average molecular weight is 227 g/mol. The van der Waals surface area contributed by atoms with Gasteiger partial charge < -0.3 is 15.4 Å². The number of rotatable bonds is 4. The largest absolute Gasteiger partial charge is 0.371 e. The smallest absolute Gasteiger partial charge is 0.0828 e. The van der Waals surface area contributed by atoms with Crippen molar-refractivity contribution in [2.24, 2.45) is 5.73 Å². The Bertz CT molecular complexity index is 206. The van der Waals surface area contributed by atoms with E-state index in [2.05, 4.69) is 16.7 Å². The molecule has 2 fully saturated rings. The summed E-state index contributed by atoms with van der Waals surface area (Å²) < 4.78 is 5.76. The number of nitrogens with zero attached hydrogens (tertiary/aromatic N) is 2. The lowest BCUT2D eigenvalue weighted by atomic mass is 10.2. The molecule has 2 saturated heterocycles. The Morgan fingerprint density at radius 3 is 2.50 bits per heavy atom.